The number of amidine groups is 1. The number of nitrogens with one attached hydrogen (secondary N) is 1. The van der Waals surface area contributed by atoms with E-state index >= 15 is 0 Å². The van der Waals surface area contributed by atoms with Gasteiger partial charge in [-0.15, -0.1) is 0 Å². The van der Waals surface area contributed by atoms with Crippen molar-refractivity contribution in [3.8, 4) is 0 Å². The van der Waals surface area contributed by atoms with Crippen LogP contribution in [-0.2, 0) is 11.2 Å². The highest BCUT2D eigenvalue weighted by atomic mass is 35.6. The van der Waals surface area contributed by atoms with E-state index in [1.165, 1.54) is 6.08 Å². The van der Waals surface area contributed by atoms with Crippen molar-refractivity contribution in [1.82, 2.24) is 5.32 Å². The molecule has 156 valence electrons. The first-order valence-corrected chi connectivity index (χ1v) is 9.79. The molecule has 0 radical (unpaired) electrons. The van der Waals surface area contributed by atoms with Gasteiger partial charge >= 0.3 is 6.09 Å². The quantitative estimate of drug-likeness (QED) is 0.324. The molecule has 0 aliphatic rings. The first-order valence-electron chi connectivity index (χ1n) is 8.28. The average molecular weight is 471 g/mol. The number of hydrogen-bond donors (Lipinski definition) is 3. The molecule has 0 aliphatic heterocycles. The Labute approximate surface area is 184 Å². The number of ether oxygens (including phenoxy) is 1. The van der Waals surface area contributed by atoms with Crippen LogP contribution in [0.3, 0.4) is 0 Å². The topological polar surface area (TPSA) is 96.9 Å². The van der Waals surface area contributed by atoms with Crippen LogP contribution in [-0.4, -0.2) is 34.0 Å². The first-order chi connectivity index (χ1) is 12.8. The van der Waals surface area contributed by atoms with Gasteiger partial charge in [-0.2, -0.15) is 0 Å². The maximum absolute atomic E-state index is 12.0. The van der Waals surface area contributed by atoms with Gasteiger partial charge in [0.1, 0.15) is 12.4 Å². The van der Waals surface area contributed by atoms with Crippen molar-refractivity contribution < 1.29 is 14.6 Å². The Morgan fingerprint density at radius 3 is 2.50 bits per heavy atom. The van der Waals surface area contributed by atoms with Crippen LogP contribution in [0.2, 0.25) is 5.02 Å². The molecule has 0 atom stereocenters. The molecule has 0 heterocycles. The predicted octanol–water partition coefficient (Wildman–Crippen LogP) is 4.89. The van der Waals surface area contributed by atoms with Gasteiger partial charge in [-0.1, -0.05) is 67.2 Å². The van der Waals surface area contributed by atoms with E-state index in [9.17, 15) is 4.79 Å². The van der Waals surface area contributed by atoms with Crippen LogP contribution in [0, 0.1) is 5.41 Å². The fourth-order valence-corrected chi connectivity index (χ4v) is 2.21. The number of nitrogens with zero attached hydrogens (tertiary/aromatic N) is 1. The second-order valence-corrected chi connectivity index (χ2v) is 9.84. The second-order valence-electron chi connectivity index (χ2n) is 6.91. The number of alkyl halides is 3. The largest absolute Gasteiger partial charge is 0.445 e. The zero-order valence-electron chi connectivity index (χ0n) is 15.7. The molecular weight excluding hydrogens is 448 g/mol. The normalized spacial score (nSPS) is 13.4. The van der Waals surface area contributed by atoms with Crippen molar-refractivity contribution in [2.45, 2.75) is 31.0 Å². The molecule has 0 aliphatic carbocycles. The Hall–Kier alpha value is -1.18. The molecule has 0 fully saturated rings. The molecule has 6 nitrogen and oxygen atoms in total. The summed E-state index contributed by atoms with van der Waals surface area (Å²) in [4.78, 5) is 16.4. The lowest BCUT2D eigenvalue weighted by atomic mass is 9.92. The molecule has 10 heteroatoms. The highest BCUT2D eigenvalue weighted by Gasteiger charge is 2.23. The molecule has 0 unspecified atom stereocenters. The van der Waals surface area contributed by atoms with Crippen molar-refractivity contribution in [2.75, 3.05) is 13.2 Å². The van der Waals surface area contributed by atoms with E-state index in [-0.39, 0.29) is 17.9 Å². The van der Waals surface area contributed by atoms with Gasteiger partial charge in [-0.3, -0.25) is 5.32 Å². The summed E-state index contributed by atoms with van der Waals surface area (Å²) in [6.07, 6.45) is 1.04. The van der Waals surface area contributed by atoms with Gasteiger partial charge in [-0.05, 0) is 30.2 Å². The van der Waals surface area contributed by atoms with Gasteiger partial charge in [0.05, 0.1) is 5.69 Å². The molecule has 1 amide bonds. The zero-order valence-corrected chi connectivity index (χ0v) is 18.8. The minimum atomic E-state index is -1.73. The summed E-state index contributed by atoms with van der Waals surface area (Å²) < 4.78 is 3.14. The Morgan fingerprint density at radius 2 is 1.96 bits per heavy atom. The third kappa shape index (κ3) is 9.34. The van der Waals surface area contributed by atoms with E-state index in [1.54, 1.807) is 18.2 Å². The number of aliphatic hydroxyl groups is 1. The fraction of sp³-hybridized carbons (Fsp3) is 0.444. The van der Waals surface area contributed by atoms with Gasteiger partial charge < -0.3 is 15.6 Å². The third-order valence-electron chi connectivity index (χ3n) is 3.42. The number of allylic oxidation sites excluding steroid dienone is 1. The number of benzene rings is 1. The number of carbonyl (C=O) groups is 1. The lowest BCUT2D eigenvalue weighted by Gasteiger charge is -2.19. The average Bonchev–Trinajstić information content (AvgIpc) is 2.54. The first kappa shape index (κ1) is 24.9. The van der Waals surface area contributed by atoms with Crippen LogP contribution < -0.4 is 11.1 Å². The Balaban J connectivity index is 3.18. The standard InChI is InChI=1S/C18H23Cl4N3O3/c1-17(2,3)14(23)9-15(25-16(27)28-10-18(20,21)22)24-12-4-5-13(19)11(8-12)6-7-26/h4-5,8-9,26H,6-7,10,23H2,1-3H3,(H,24,25,27). The van der Waals surface area contributed by atoms with E-state index in [2.05, 4.69) is 10.3 Å². The number of hydrogen-bond acceptors (Lipinski definition) is 5. The summed E-state index contributed by atoms with van der Waals surface area (Å²) >= 11 is 22.8. The zero-order chi connectivity index (χ0) is 21.5. The van der Waals surface area contributed by atoms with Gasteiger partial charge in [0.15, 0.2) is 0 Å². The van der Waals surface area contributed by atoms with E-state index in [0.717, 1.165) is 5.56 Å². The lowest BCUT2D eigenvalue weighted by Crippen LogP contribution is -2.33. The maximum Gasteiger partial charge on any atom is 0.412 e. The SMILES string of the molecule is CC(C)(C)C(N)=CC(=Nc1ccc(Cl)c(CCO)c1)NC(=O)OCC(Cl)(Cl)Cl. The summed E-state index contributed by atoms with van der Waals surface area (Å²) in [7, 11) is 0. The number of aliphatic hydroxyl groups excluding tert-OH is 1. The minimum absolute atomic E-state index is 0.0573. The maximum atomic E-state index is 12.0. The van der Waals surface area contributed by atoms with Crippen LogP contribution >= 0.6 is 46.4 Å². The number of rotatable bonds is 5. The van der Waals surface area contributed by atoms with Crippen LogP contribution in [0.4, 0.5) is 10.5 Å². The van der Waals surface area contributed by atoms with Crippen molar-refractivity contribution in [3.05, 3.63) is 40.6 Å². The molecule has 1 aromatic carbocycles. The number of halogens is 4. The number of nitrogens with two attached hydrogens (primary N) is 1. The molecule has 1 rings (SSSR count). The summed E-state index contributed by atoms with van der Waals surface area (Å²) in [6.45, 7) is 5.26. The van der Waals surface area contributed by atoms with Crippen LogP contribution in [0.5, 0.6) is 0 Å². The number of carbonyl (C=O) groups excluding carboxylic acids is 1. The summed E-state index contributed by atoms with van der Waals surface area (Å²) in [5.74, 6) is 0.138. The minimum Gasteiger partial charge on any atom is -0.445 e. The van der Waals surface area contributed by atoms with Gasteiger partial charge in [0, 0.05) is 28.8 Å². The molecule has 0 bridgehead atoms. The molecule has 28 heavy (non-hydrogen) atoms. The van der Waals surface area contributed by atoms with Crippen molar-refractivity contribution in [3.63, 3.8) is 0 Å². The van der Waals surface area contributed by atoms with Crippen LogP contribution in [0.15, 0.2) is 35.0 Å². The second kappa shape index (κ2) is 10.6. The molecule has 0 aromatic heterocycles. The highest BCUT2D eigenvalue weighted by Crippen LogP contribution is 2.26. The van der Waals surface area contributed by atoms with Crippen LogP contribution in [0.1, 0.15) is 26.3 Å². The molecular formula is C18H23Cl4N3O3. The number of aliphatic imine (C=N–C) groups is 1. The third-order valence-corrected chi connectivity index (χ3v) is 4.11. The van der Waals surface area contributed by atoms with E-state index in [0.29, 0.717) is 22.8 Å². The monoisotopic (exact) mass is 469 g/mol. The lowest BCUT2D eigenvalue weighted by molar-refractivity contribution is 0.154. The smallest absolute Gasteiger partial charge is 0.412 e. The summed E-state index contributed by atoms with van der Waals surface area (Å²) in [5, 5.41) is 12.1. The van der Waals surface area contributed by atoms with Crippen LogP contribution in [0.25, 0.3) is 0 Å². The Bertz CT molecular complexity index is 753. The Kier molecular flexibility index (Phi) is 9.37. The van der Waals surface area contributed by atoms with E-state index < -0.39 is 16.5 Å². The summed E-state index contributed by atoms with van der Waals surface area (Å²) in [5.41, 5.74) is 7.45. The van der Waals surface area contributed by atoms with Gasteiger partial charge in [0.25, 0.3) is 0 Å². The predicted molar refractivity (Wildman–Crippen MR) is 116 cm³/mol. The number of amides is 1. The molecule has 1 aromatic rings. The van der Waals surface area contributed by atoms with Crippen molar-refractivity contribution in [1.29, 1.82) is 0 Å². The van der Waals surface area contributed by atoms with Gasteiger partial charge in [-0.25, -0.2) is 9.79 Å². The van der Waals surface area contributed by atoms with Crippen molar-refractivity contribution in [2.24, 2.45) is 16.1 Å². The van der Waals surface area contributed by atoms with Crippen molar-refractivity contribution >= 4 is 64.0 Å². The molecule has 0 saturated carbocycles. The molecule has 0 saturated heterocycles. The fourth-order valence-electron chi connectivity index (χ4n) is 1.83. The summed E-state index contributed by atoms with van der Waals surface area (Å²) in [6, 6.07) is 5.02. The Morgan fingerprint density at radius 1 is 1.32 bits per heavy atom. The molecule has 4 N–H and O–H groups in total. The highest BCUT2D eigenvalue weighted by molar-refractivity contribution is 6.67. The number of alkyl carbamates (subject to hydrolysis) is 1. The van der Waals surface area contributed by atoms with E-state index in [1.807, 2.05) is 20.8 Å². The molecule has 0 spiro atoms. The van der Waals surface area contributed by atoms with E-state index in [4.69, 9.17) is 62.0 Å². The van der Waals surface area contributed by atoms with Gasteiger partial charge in [0.2, 0.25) is 3.79 Å².